The van der Waals surface area contributed by atoms with Crippen molar-refractivity contribution in [1.82, 2.24) is 20.4 Å². The van der Waals surface area contributed by atoms with Crippen LogP contribution in [0, 0.1) is 5.82 Å². The quantitative estimate of drug-likeness (QED) is 0.774. The van der Waals surface area contributed by atoms with Gasteiger partial charge in [-0.15, -0.1) is 0 Å². The van der Waals surface area contributed by atoms with E-state index in [2.05, 4.69) is 15.5 Å². The number of nitrogens with one attached hydrogen (secondary N) is 3. The first-order valence-electron chi connectivity index (χ1n) is 6.69. The Labute approximate surface area is 120 Å². The summed E-state index contributed by atoms with van der Waals surface area (Å²) in [5.74, 6) is -0.305. The molecule has 0 bridgehead atoms. The summed E-state index contributed by atoms with van der Waals surface area (Å²) in [5.41, 5.74) is 2.11. The molecule has 3 rings (SSSR count). The molecule has 3 N–H and O–H groups in total. The predicted molar refractivity (Wildman–Crippen MR) is 74.2 cm³/mol. The maximum atomic E-state index is 12.8. The summed E-state index contributed by atoms with van der Waals surface area (Å²) in [7, 11) is 0. The minimum atomic E-state index is -0.305. The van der Waals surface area contributed by atoms with Gasteiger partial charge in [-0.3, -0.25) is 9.89 Å². The number of urea groups is 1. The lowest BCUT2D eigenvalue weighted by Crippen LogP contribution is -2.43. The summed E-state index contributed by atoms with van der Waals surface area (Å²) in [6, 6.07) is 5.73. The van der Waals surface area contributed by atoms with Gasteiger partial charge in [-0.05, 0) is 17.7 Å². The molecule has 0 atom stereocenters. The maximum Gasteiger partial charge on any atom is 0.317 e. The van der Waals surface area contributed by atoms with Gasteiger partial charge in [0, 0.05) is 25.2 Å². The van der Waals surface area contributed by atoms with Crippen molar-refractivity contribution in [3.8, 4) is 0 Å². The molecule has 0 aliphatic carbocycles. The zero-order valence-electron chi connectivity index (χ0n) is 11.3. The predicted octanol–water partition coefficient (Wildman–Crippen LogP) is 1.11. The topological polar surface area (TPSA) is 81.0 Å². The van der Waals surface area contributed by atoms with Gasteiger partial charge in [0.2, 0.25) is 0 Å². The Balaban J connectivity index is 1.60. The summed E-state index contributed by atoms with van der Waals surface area (Å²) >= 11 is 0. The minimum Gasteiger partial charge on any atom is -0.334 e. The summed E-state index contributed by atoms with van der Waals surface area (Å²) in [4.78, 5) is 25.3. The van der Waals surface area contributed by atoms with E-state index in [4.69, 9.17) is 0 Å². The summed E-state index contributed by atoms with van der Waals surface area (Å²) in [5, 5.41) is 8.12. The number of H-pyrrole nitrogens is 2. The Kier molecular flexibility index (Phi) is 3.47. The number of rotatable bonds is 2. The van der Waals surface area contributed by atoms with Gasteiger partial charge in [0.1, 0.15) is 5.82 Å². The van der Waals surface area contributed by atoms with Gasteiger partial charge in [0.05, 0.1) is 12.1 Å². The lowest BCUT2D eigenvalue weighted by molar-refractivity contribution is 0.191. The molecule has 1 aromatic carbocycles. The van der Waals surface area contributed by atoms with E-state index in [1.807, 2.05) is 0 Å². The molecule has 110 valence electrons. The van der Waals surface area contributed by atoms with Gasteiger partial charge in [0.15, 0.2) is 0 Å². The van der Waals surface area contributed by atoms with E-state index >= 15 is 0 Å². The molecule has 1 aliphatic rings. The number of benzene rings is 1. The second kappa shape index (κ2) is 5.43. The van der Waals surface area contributed by atoms with E-state index in [0.717, 1.165) is 11.3 Å². The number of aromatic amines is 2. The number of nitrogens with zero attached hydrogens (tertiary/aromatic N) is 1. The number of halogens is 1. The van der Waals surface area contributed by atoms with E-state index in [0.29, 0.717) is 31.6 Å². The Hall–Kier alpha value is -2.57. The smallest absolute Gasteiger partial charge is 0.317 e. The van der Waals surface area contributed by atoms with E-state index in [1.165, 1.54) is 12.1 Å². The molecule has 2 heterocycles. The van der Waals surface area contributed by atoms with Crippen LogP contribution in [-0.2, 0) is 19.5 Å². The standard InChI is InChI=1S/C14H15FN4O2/c15-10-3-1-9(2-4-10)7-16-14(21)19-6-5-12-11(8-19)13(20)18-17-12/h1-4H,5-8H2,(H,16,21)(H2,17,18,20). The van der Waals surface area contributed by atoms with E-state index < -0.39 is 0 Å². The fourth-order valence-corrected chi connectivity index (χ4v) is 2.38. The normalized spacial score (nSPS) is 13.9. The van der Waals surface area contributed by atoms with Gasteiger partial charge >= 0.3 is 6.03 Å². The molecule has 0 saturated heterocycles. The summed E-state index contributed by atoms with van der Waals surface area (Å²) < 4.78 is 12.8. The van der Waals surface area contributed by atoms with Crippen LogP contribution in [0.2, 0.25) is 0 Å². The molecular formula is C14H15FN4O2. The molecule has 0 spiro atoms. The van der Waals surface area contributed by atoms with Gasteiger partial charge in [-0.1, -0.05) is 12.1 Å². The Morgan fingerprint density at radius 2 is 2.05 bits per heavy atom. The van der Waals surface area contributed by atoms with Crippen LogP contribution in [0.25, 0.3) is 0 Å². The fourth-order valence-electron chi connectivity index (χ4n) is 2.38. The Morgan fingerprint density at radius 1 is 1.29 bits per heavy atom. The number of aromatic nitrogens is 2. The van der Waals surface area contributed by atoms with Gasteiger partial charge in [-0.25, -0.2) is 9.18 Å². The minimum absolute atomic E-state index is 0.180. The SMILES string of the molecule is O=C(NCc1ccc(F)cc1)N1CCc2[nH][nH]c(=O)c2C1. The molecule has 0 radical (unpaired) electrons. The van der Waals surface area contributed by atoms with Crippen molar-refractivity contribution in [2.45, 2.75) is 19.5 Å². The monoisotopic (exact) mass is 290 g/mol. The van der Waals surface area contributed by atoms with E-state index in [9.17, 15) is 14.0 Å². The van der Waals surface area contributed by atoms with Crippen LogP contribution in [0.4, 0.5) is 9.18 Å². The zero-order chi connectivity index (χ0) is 14.8. The first-order chi connectivity index (χ1) is 10.1. The lowest BCUT2D eigenvalue weighted by atomic mass is 10.1. The van der Waals surface area contributed by atoms with Crippen LogP contribution >= 0.6 is 0 Å². The second-order valence-electron chi connectivity index (χ2n) is 4.99. The van der Waals surface area contributed by atoms with E-state index in [-0.39, 0.29) is 17.4 Å². The zero-order valence-corrected chi connectivity index (χ0v) is 11.3. The lowest BCUT2D eigenvalue weighted by Gasteiger charge is -2.26. The third-order valence-corrected chi connectivity index (χ3v) is 3.59. The van der Waals surface area contributed by atoms with E-state index in [1.54, 1.807) is 17.0 Å². The van der Waals surface area contributed by atoms with Gasteiger partial charge < -0.3 is 15.3 Å². The van der Waals surface area contributed by atoms with Gasteiger partial charge in [0.25, 0.3) is 5.56 Å². The first-order valence-corrected chi connectivity index (χ1v) is 6.69. The van der Waals surface area contributed by atoms with Crippen LogP contribution in [0.3, 0.4) is 0 Å². The summed E-state index contributed by atoms with van der Waals surface area (Å²) in [6.45, 7) is 1.17. The third kappa shape index (κ3) is 2.81. The van der Waals surface area contributed by atoms with Crippen molar-refractivity contribution in [3.63, 3.8) is 0 Å². The highest BCUT2D eigenvalue weighted by Crippen LogP contribution is 2.13. The maximum absolute atomic E-state index is 12.8. The highest BCUT2D eigenvalue weighted by molar-refractivity contribution is 5.74. The number of amides is 2. The summed E-state index contributed by atoms with van der Waals surface area (Å²) in [6.07, 6.45) is 0.623. The second-order valence-corrected chi connectivity index (χ2v) is 4.99. The number of carbonyl (C=O) groups excluding carboxylic acids is 1. The molecule has 1 aromatic heterocycles. The molecular weight excluding hydrogens is 275 g/mol. The number of hydrogen-bond donors (Lipinski definition) is 3. The number of carbonyl (C=O) groups is 1. The van der Waals surface area contributed by atoms with Crippen molar-refractivity contribution in [3.05, 3.63) is 57.3 Å². The highest BCUT2D eigenvalue weighted by atomic mass is 19.1. The molecule has 6 nitrogen and oxygen atoms in total. The van der Waals surface area contributed by atoms with Crippen molar-refractivity contribution < 1.29 is 9.18 Å². The van der Waals surface area contributed by atoms with Crippen LogP contribution in [0.5, 0.6) is 0 Å². The largest absolute Gasteiger partial charge is 0.334 e. The highest BCUT2D eigenvalue weighted by Gasteiger charge is 2.23. The molecule has 2 amide bonds. The average molecular weight is 290 g/mol. The van der Waals surface area contributed by atoms with Crippen LogP contribution < -0.4 is 10.9 Å². The molecule has 1 aliphatic heterocycles. The van der Waals surface area contributed by atoms with Crippen molar-refractivity contribution in [2.75, 3.05) is 6.54 Å². The molecule has 0 saturated carbocycles. The Bertz CT molecular complexity index is 705. The number of hydrogen-bond acceptors (Lipinski definition) is 2. The molecule has 21 heavy (non-hydrogen) atoms. The molecule has 2 aromatic rings. The Morgan fingerprint density at radius 3 is 2.81 bits per heavy atom. The number of fused-ring (bicyclic) bond motifs is 1. The van der Waals surface area contributed by atoms with Crippen molar-refractivity contribution in [2.24, 2.45) is 0 Å². The average Bonchev–Trinajstić information content (AvgIpc) is 2.87. The third-order valence-electron chi connectivity index (χ3n) is 3.59. The molecule has 0 unspecified atom stereocenters. The molecule has 0 fully saturated rings. The van der Waals surface area contributed by atoms with Crippen molar-refractivity contribution in [1.29, 1.82) is 0 Å². The molecule has 7 heteroatoms. The van der Waals surface area contributed by atoms with Crippen LogP contribution in [-0.4, -0.2) is 27.7 Å². The van der Waals surface area contributed by atoms with Gasteiger partial charge in [-0.2, -0.15) is 0 Å². The fraction of sp³-hybridized carbons (Fsp3) is 0.286. The van der Waals surface area contributed by atoms with Crippen molar-refractivity contribution >= 4 is 6.03 Å². The van der Waals surface area contributed by atoms with Crippen LogP contribution in [0.15, 0.2) is 29.1 Å². The first kappa shape index (κ1) is 13.4. The van der Waals surface area contributed by atoms with Crippen LogP contribution in [0.1, 0.15) is 16.8 Å².